The lowest BCUT2D eigenvalue weighted by atomic mass is 10.0. The minimum absolute atomic E-state index is 0.220. The van der Waals surface area contributed by atoms with Crippen LogP contribution in [0.25, 0.3) is 0 Å². The number of hydrogen-bond acceptors (Lipinski definition) is 3. The number of nitrogens with zero attached hydrogens (tertiary/aromatic N) is 3. The summed E-state index contributed by atoms with van der Waals surface area (Å²) >= 11 is 0. The summed E-state index contributed by atoms with van der Waals surface area (Å²) in [6.07, 6.45) is 2.51. The van der Waals surface area contributed by atoms with Crippen LogP contribution in [0.5, 0.6) is 0 Å². The summed E-state index contributed by atoms with van der Waals surface area (Å²) in [7, 11) is 0. The van der Waals surface area contributed by atoms with Crippen molar-refractivity contribution in [1.82, 2.24) is 14.4 Å². The second kappa shape index (κ2) is 6.19. The van der Waals surface area contributed by atoms with Gasteiger partial charge in [-0.25, -0.2) is 0 Å². The molecule has 4 rings (SSSR count). The zero-order chi connectivity index (χ0) is 16.8. The molecule has 5 nitrogen and oxygen atoms in total. The molecule has 2 saturated heterocycles. The summed E-state index contributed by atoms with van der Waals surface area (Å²) in [5.41, 5.74) is 3.30. The molecule has 3 aliphatic rings. The molecule has 0 spiro atoms. The molecule has 24 heavy (non-hydrogen) atoms. The monoisotopic (exact) mass is 331 g/mol. The Morgan fingerprint density at radius 3 is 2.54 bits per heavy atom. The molecule has 5 heteroatoms. The van der Waals surface area contributed by atoms with Crippen LogP contribution in [0.4, 0.5) is 0 Å². The maximum absolute atomic E-state index is 13.1. The van der Waals surface area contributed by atoms with E-state index in [0.717, 1.165) is 50.7 Å². The maximum Gasteiger partial charge on any atom is 0.255 e. The minimum atomic E-state index is 0.220. The van der Waals surface area contributed by atoms with E-state index in [-0.39, 0.29) is 5.91 Å². The summed E-state index contributed by atoms with van der Waals surface area (Å²) in [6, 6.07) is 3.21. The molecule has 1 aromatic rings. The van der Waals surface area contributed by atoms with Gasteiger partial charge in [0.25, 0.3) is 5.91 Å². The van der Waals surface area contributed by atoms with Crippen molar-refractivity contribution in [2.24, 2.45) is 5.92 Å². The van der Waals surface area contributed by atoms with Crippen LogP contribution in [0.1, 0.15) is 47.6 Å². The zero-order valence-corrected chi connectivity index (χ0v) is 15.1. The fourth-order valence-electron chi connectivity index (χ4n) is 4.56. The third kappa shape index (κ3) is 2.78. The van der Waals surface area contributed by atoms with Gasteiger partial charge in [0.1, 0.15) is 0 Å². The summed E-state index contributed by atoms with van der Waals surface area (Å²) in [5.74, 6) is 0.747. The smallest absolute Gasteiger partial charge is 0.255 e. The number of carbonyl (C=O) groups excluding carboxylic acids is 1. The fourth-order valence-corrected chi connectivity index (χ4v) is 4.56. The standard InChI is InChI=1S/C19H29N3O2/c1-13-11-21(12-18(13)20-6-8-24-9-7-20)19(23)17-10-14(2)22(15(17)3)16-4-5-16/h10,13,16,18H,4-9,11-12H2,1-3H3/t13-,18-/m0/s1. The van der Waals surface area contributed by atoms with Crippen LogP contribution in [0, 0.1) is 19.8 Å². The van der Waals surface area contributed by atoms with E-state index in [1.54, 1.807) is 0 Å². The van der Waals surface area contributed by atoms with E-state index in [2.05, 4.69) is 41.2 Å². The van der Waals surface area contributed by atoms with Crippen molar-refractivity contribution in [1.29, 1.82) is 0 Å². The summed E-state index contributed by atoms with van der Waals surface area (Å²) < 4.78 is 7.84. The van der Waals surface area contributed by atoms with Crippen LogP contribution < -0.4 is 0 Å². The molecule has 1 amide bonds. The van der Waals surface area contributed by atoms with Gasteiger partial charge in [-0.1, -0.05) is 6.92 Å². The van der Waals surface area contributed by atoms with Gasteiger partial charge in [0.05, 0.1) is 18.8 Å². The van der Waals surface area contributed by atoms with Gasteiger partial charge >= 0.3 is 0 Å². The topological polar surface area (TPSA) is 37.7 Å². The van der Waals surface area contributed by atoms with Crippen molar-refractivity contribution in [3.05, 3.63) is 23.0 Å². The third-order valence-corrected chi connectivity index (χ3v) is 6.00. The highest BCUT2D eigenvalue weighted by Crippen LogP contribution is 2.38. The number of aromatic nitrogens is 1. The Kier molecular flexibility index (Phi) is 4.17. The molecule has 2 aliphatic heterocycles. The lowest BCUT2D eigenvalue weighted by Crippen LogP contribution is -2.47. The molecule has 132 valence electrons. The molecule has 2 atom stereocenters. The Morgan fingerprint density at radius 1 is 1.17 bits per heavy atom. The lowest BCUT2D eigenvalue weighted by molar-refractivity contribution is 0.0119. The Hall–Kier alpha value is -1.33. The zero-order valence-electron chi connectivity index (χ0n) is 15.1. The number of hydrogen-bond donors (Lipinski definition) is 0. The average molecular weight is 331 g/mol. The SMILES string of the molecule is Cc1cc(C(=O)N2C[C@H](C)[C@@H](N3CCOCC3)C2)c(C)n1C1CC1. The van der Waals surface area contributed by atoms with Crippen LogP contribution in [0.15, 0.2) is 6.07 Å². The van der Waals surface area contributed by atoms with E-state index in [0.29, 0.717) is 18.0 Å². The fraction of sp³-hybridized carbons (Fsp3) is 0.737. The predicted molar refractivity (Wildman–Crippen MR) is 93.4 cm³/mol. The summed E-state index contributed by atoms with van der Waals surface area (Å²) in [5, 5.41) is 0. The number of ether oxygens (including phenoxy) is 1. The molecule has 3 heterocycles. The Morgan fingerprint density at radius 2 is 1.88 bits per heavy atom. The molecular formula is C19H29N3O2. The summed E-state index contributed by atoms with van der Waals surface area (Å²) in [6.45, 7) is 11.9. The predicted octanol–water partition coefficient (Wildman–Crippen LogP) is 2.23. The first-order valence-electron chi connectivity index (χ1n) is 9.35. The molecule has 3 fully saturated rings. The van der Waals surface area contributed by atoms with Gasteiger partial charge in [-0.05, 0) is 38.7 Å². The van der Waals surface area contributed by atoms with Crippen molar-refractivity contribution in [2.45, 2.75) is 45.7 Å². The maximum atomic E-state index is 13.1. The van der Waals surface area contributed by atoms with Crippen molar-refractivity contribution in [3.8, 4) is 0 Å². The number of amides is 1. The highest BCUT2D eigenvalue weighted by Gasteiger charge is 2.38. The average Bonchev–Trinajstić information content (AvgIpc) is 3.26. The number of morpholine rings is 1. The normalized spacial score (nSPS) is 28.5. The lowest BCUT2D eigenvalue weighted by Gasteiger charge is -2.33. The van der Waals surface area contributed by atoms with Crippen LogP contribution >= 0.6 is 0 Å². The number of rotatable bonds is 3. The van der Waals surface area contributed by atoms with Gasteiger partial charge in [0.15, 0.2) is 0 Å². The summed E-state index contributed by atoms with van der Waals surface area (Å²) in [4.78, 5) is 17.7. The van der Waals surface area contributed by atoms with Gasteiger partial charge in [0.2, 0.25) is 0 Å². The molecule has 0 bridgehead atoms. The Labute approximate surface area is 144 Å². The van der Waals surface area contributed by atoms with Gasteiger partial charge in [-0.3, -0.25) is 9.69 Å². The van der Waals surface area contributed by atoms with Crippen LogP contribution in [0.3, 0.4) is 0 Å². The molecule has 0 radical (unpaired) electrons. The first-order valence-corrected chi connectivity index (χ1v) is 9.35. The number of aryl methyl sites for hydroxylation is 1. The van der Waals surface area contributed by atoms with E-state index in [4.69, 9.17) is 4.74 Å². The molecule has 1 saturated carbocycles. The van der Waals surface area contributed by atoms with Crippen molar-refractivity contribution in [3.63, 3.8) is 0 Å². The van der Waals surface area contributed by atoms with Gasteiger partial charge in [-0.2, -0.15) is 0 Å². The number of carbonyl (C=O) groups is 1. The van der Waals surface area contributed by atoms with E-state index in [1.807, 2.05) is 0 Å². The third-order valence-electron chi connectivity index (χ3n) is 6.00. The van der Waals surface area contributed by atoms with Gasteiger partial charge < -0.3 is 14.2 Å². The Bertz CT molecular complexity index is 629. The molecule has 1 aromatic heterocycles. The molecule has 1 aliphatic carbocycles. The minimum Gasteiger partial charge on any atom is -0.379 e. The van der Waals surface area contributed by atoms with Gasteiger partial charge in [0, 0.05) is 49.7 Å². The van der Waals surface area contributed by atoms with Crippen molar-refractivity contribution in [2.75, 3.05) is 39.4 Å². The van der Waals surface area contributed by atoms with E-state index in [9.17, 15) is 4.79 Å². The van der Waals surface area contributed by atoms with E-state index in [1.165, 1.54) is 18.5 Å². The second-order valence-corrected chi connectivity index (χ2v) is 7.79. The number of likely N-dealkylation sites (tertiary alicyclic amines) is 1. The van der Waals surface area contributed by atoms with Crippen LogP contribution in [0.2, 0.25) is 0 Å². The van der Waals surface area contributed by atoms with Crippen LogP contribution in [-0.4, -0.2) is 65.7 Å². The first kappa shape index (κ1) is 16.2. The van der Waals surface area contributed by atoms with Crippen LogP contribution in [-0.2, 0) is 4.74 Å². The molecule has 0 N–H and O–H groups in total. The van der Waals surface area contributed by atoms with Crippen molar-refractivity contribution >= 4 is 5.91 Å². The molecular weight excluding hydrogens is 302 g/mol. The van der Waals surface area contributed by atoms with E-state index < -0.39 is 0 Å². The van der Waals surface area contributed by atoms with Gasteiger partial charge in [-0.15, -0.1) is 0 Å². The highest BCUT2D eigenvalue weighted by molar-refractivity contribution is 5.96. The quantitative estimate of drug-likeness (QED) is 0.852. The highest BCUT2D eigenvalue weighted by atomic mass is 16.5. The molecule has 0 aromatic carbocycles. The Balaban J connectivity index is 1.50. The first-order chi connectivity index (χ1) is 11.6. The van der Waals surface area contributed by atoms with Crippen molar-refractivity contribution < 1.29 is 9.53 Å². The molecule has 0 unspecified atom stereocenters. The second-order valence-electron chi connectivity index (χ2n) is 7.79. The van der Waals surface area contributed by atoms with E-state index >= 15 is 0 Å². The largest absolute Gasteiger partial charge is 0.379 e.